The Morgan fingerprint density at radius 2 is 2.19 bits per heavy atom. The molecule has 1 N–H and O–H groups in total. The molecule has 8 nitrogen and oxygen atoms in total. The predicted octanol–water partition coefficient (Wildman–Crippen LogP) is 3.06. The van der Waals surface area contributed by atoms with E-state index in [1.54, 1.807) is 37.0 Å². The van der Waals surface area contributed by atoms with Gasteiger partial charge in [0, 0.05) is 19.7 Å². The van der Waals surface area contributed by atoms with E-state index in [0.717, 1.165) is 5.57 Å². The number of rotatable bonds is 5. The molecule has 0 bridgehead atoms. The van der Waals surface area contributed by atoms with Gasteiger partial charge in [-0.3, -0.25) is 9.67 Å². The molecular formula is C18H19FN6O2. The van der Waals surface area contributed by atoms with Gasteiger partial charge < -0.3 is 9.62 Å². The molecular weight excluding hydrogens is 351 g/mol. The highest BCUT2D eigenvalue weighted by Gasteiger charge is 2.17. The van der Waals surface area contributed by atoms with Crippen molar-refractivity contribution in [1.82, 2.24) is 25.0 Å². The fraction of sp³-hybridized carbons (Fsp3) is 0.278. The van der Waals surface area contributed by atoms with Crippen LogP contribution in [0.2, 0.25) is 0 Å². The van der Waals surface area contributed by atoms with Crippen LogP contribution in [0.4, 0.5) is 4.39 Å². The summed E-state index contributed by atoms with van der Waals surface area (Å²) in [6.45, 7) is 3.59. The van der Waals surface area contributed by atoms with Gasteiger partial charge in [-0.25, -0.2) is 4.39 Å². The zero-order chi connectivity index (χ0) is 19.4. The molecule has 9 heteroatoms. The first-order chi connectivity index (χ1) is 13.0. The van der Waals surface area contributed by atoms with Crippen molar-refractivity contribution >= 4 is 11.0 Å². The summed E-state index contributed by atoms with van der Waals surface area (Å²) in [6, 6.07) is 3.57. The monoisotopic (exact) mass is 370 g/mol. The Balaban J connectivity index is 1.98. The first-order valence-electron chi connectivity index (χ1n) is 8.38. The third kappa shape index (κ3) is 3.91. The number of allylic oxidation sites excluding steroid dienone is 4. The maximum atomic E-state index is 13.2. The van der Waals surface area contributed by atoms with Crippen LogP contribution in [0, 0.1) is 0 Å². The van der Waals surface area contributed by atoms with Crippen LogP contribution in [-0.2, 0) is 13.5 Å². The van der Waals surface area contributed by atoms with E-state index in [1.165, 1.54) is 6.08 Å². The highest BCUT2D eigenvalue weighted by molar-refractivity contribution is 5.76. The van der Waals surface area contributed by atoms with Gasteiger partial charge in [-0.15, -0.1) is 10.2 Å². The molecule has 0 saturated carbocycles. The quantitative estimate of drug-likeness (QED) is 0.421. The Kier molecular flexibility index (Phi) is 5.39. The van der Waals surface area contributed by atoms with Crippen LogP contribution in [-0.4, -0.2) is 30.2 Å². The Labute approximate surface area is 154 Å². The summed E-state index contributed by atoms with van der Waals surface area (Å²) in [5, 5.41) is 25.3. The summed E-state index contributed by atoms with van der Waals surface area (Å²) in [7, 11) is 1.74. The number of halogens is 1. The number of aryl methyl sites for hydroxylation is 1. The topological polar surface area (TPSA) is 102 Å². The number of fused-ring (bicyclic) bond motifs is 1. The van der Waals surface area contributed by atoms with Gasteiger partial charge in [0.2, 0.25) is 5.89 Å². The largest absolute Gasteiger partial charge is 0.419 e. The second-order valence-electron chi connectivity index (χ2n) is 5.95. The van der Waals surface area contributed by atoms with Gasteiger partial charge in [0.25, 0.3) is 5.89 Å². The molecule has 0 amide bonds. The van der Waals surface area contributed by atoms with Crippen LogP contribution in [0.1, 0.15) is 26.2 Å². The molecule has 27 heavy (non-hydrogen) atoms. The second kappa shape index (κ2) is 7.90. The fourth-order valence-electron chi connectivity index (χ4n) is 2.51. The lowest BCUT2D eigenvalue weighted by Crippen LogP contribution is -2.17. The van der Waals surface area contributed by atoms with Crippen molar-refractivity contribution in [3.63, 3.8) is 0 Å². The molecule has 140 valence electrons. The number of nitrogens with zero attached hydrogens (tertiary/aromatic N) is 6. The van der Waals surface area contributed by atoms with Gasteiger partial charge in [-0.05, 0) is 31.6 Å². The van der Waals surface area contributed by atoms with E-state index in [9.17, 15) is 9.60 Å². The van der Waals surface area contributed by atoms with Gasteiger partial charge in [0.15, 0.2) is 11.1 Å². The van der Waals surface area contributed by atoms with Crippen molar-refractivity contribution in [2.45, 2.75) is 26.7 Å². The van der Waals surface area contributed by atoms with Crippen molar-refractivity contribution < 1.29 is 14.0 Å². The van der Waals surface area contributed by atoms with Gasteiger partial charge >= 0.3 is 0 Å². The first kappa shape index (κ1) is 18.4. The molecule has 0 aromatic carbocycles. The van der Waals surface area contributed by atoms with Crippen molar-refractivity contribution in [3.8, 4) is 11.6 Å². The minimum absolute atomic E-state index is 0.115. The molecule has 0 aliphatic heterocycles. The standard InChI is InChI=1S/C18H19FN6O2/c1-4-12(19)8-7-11(2)10-14-21-22-18(27-14)17-16(24-26)15-13(25(3)23-17)6-5-9-20-15/h5-9,26H,4,10H2,1-3H3. The molecule has 0 atom stereocenters. The number of pyridine rings is 1. The van der Waals surface area contributed by atoms with Crippen LogP contribution >= 0.6 is 0 Å². The molecule has 3 heterocycles. The number of hydrogen-bond acceptors (Lipinski definition) is 7. The molecule has 0 aliphatic carbocycles. The van der Waals surface area contributed by atoms with E-state index >= 15 is 0 Å². The summed E-state index contributed by atoms with van der Waals surface area (Å²) in [5.41, 5.74) is 2.24. The lowest BCUT2D eigenvalue weighted by Gasteiger charge is -2.05. The minimum Gasteiger partial charge on any atom is -0.419 e. The van der Waals surface area contributed by atoms with Crippen molar-refractivity contribution in [3.05, 3.63) is 53.1 Å². The predicted molar refractivity (Wildman–Crippen MR) is 96.1 cm³/mol. The zero-order valence-electron chi connectivity index (χ0n) is 15.2. The maximum absolute atomic E-state index is 13.2. The van der Waals surface area contributed by atoms with Gasteiger partial charge in [-0.2, -0.15) is 5.10 Å². The highest BCUT2D eigenvalue weighted by atomic mass is 19.1. The Morgan fingerprint density at radius 3 is 2.93 bits per heavy atom. The normalized spacial score (nSPS) is 13.6. The molecule has 0 spiro atoms. The minimum atomic E-state index is -0.199. The first-order valence-corrected chi connectivity index (χ1v) is 8.38. The second-order valence-corrected chi connectivity index (χ2v) is 5.95. The fourth-order valence-corrected chi connectivity index (χ4v) is 2.51. The third-order valence-corrected chi connectivity index (χ3v) is 3.92. The van der Waals surface area contributed by atoms with E-state index in [-0.39, 0.29) is 22.8 Å². The van der Waals surface area contributed by atoms with Crippen LogP contribution in [0.25, 0.3) is 22.6 Å². The van der Waals surface area contributed by atoms with Gasteiger partial charge in [-0.1, -0.05) is 23.7 Å². The maximum Gasteiger partial charge on any atom is 0.270 e. The Hall–Kier alpha value is -3.36. The van der Waals surface area contributed by atoms with E-state index < -0.39 is 0 Å². The van der Waals surface area contributed by atoms with Gasteiger partial charge in [0.1, 0.15) is 5.52 Å². The number of hydrogen-bond donors (Lipinski definition) is 1. The molecule has 0 unspecified atom stereocenters. The van der Waals surface area contributed by atoms with Crippen molar-refractivity contribution in [2.24, 2.45) is 12.2 Å². The molecule has 3 aromatic heterocycles. The van der Waals surface area contributed by atoms with Crippen LogP contribution < -0.4 is 5.36 Å². The van der Waals surface area contributed by atoms with Crippen molar-refractivity contribution in [1.29, 1.82) is 0 Å². The summed E-state index contributed by atoms with van der Waals surface area (Å²) >= 11 is 0. The highest BCUT2D eigenvalue weighted by Crippen LogP contribution is 2.16. The van der Waals surface area contributed by atoms with Crippen LogP contribution in [0.5, 0.6) is 0 Å². The Bertz CT molecular complexity index is 1100. The van der Waals surface area contributed by atoms with Crippen LogP contribution in [0.3, 0.4) is 0 Å². The number of aromatic nitrogens is 5. The average molecular weight is 370 g/mol. The molecule has 0 aliphatic rings. The van der Waals surface area contributed by atoms with Gasteiger partial charge in [0.05, 0.1) is 11.3 Å². The lowest BCUT2D eigenvalue weighted by atomic mass is 10.2. The summed E-state index contributed by atoms with van der Waals surface area (Å²) < 4.78 is 20.5. The molecule has 0 radical (unpaired) electrons. The van der Waals surface area contributed by atoms with Crippen LogP contribution in [0.15, 0.2) is 51.5 Å². The van der Waals surface area contributed by atoms with E-state index in [4.69, 9.17) is 4.42 Å². The molecule has 0 fully saturated rings. The summed E-state index contributed by atoms with van der Waals surface area (Å²) in [6.07, 6.45) is 5.41. The molecule has 3 aromatic rings. The molecule has 3 rings (SSSR count). The Morgan fingerprint density at radius 1 is 1.37 bits per heavy atom. The van der Waals surface area contributed by atoms with E-state index in [2.05, 4.69) is 25.4 Å². The lowest BCUT2D eigenvalue weighted by molar-refractivity contribution is 0.302. The van der Waals surface area contributed by atoms with E-state index in [0.29, 0.717) is 29.8 Å². The molecule has 0 saturated heterocycles. The average Bonchev–Trinajstić information content (AvgIpc) is 3.14. The van der Waals surface area contributed by atoms with E-state index in [1.807, 2.05) is 13.0 Å². The summed E-state index contributed by atoms with van der Waals surface area (Å²) in [4.78, 5) is 4.25. The SMILES string of the molecule is CCC(F)=CC=C(C)Cc1nnc(-c2nn(C)c3cccnc3c2=NO)o1. The smallest absolute Gasteiger partial charge is 0.270 e. The van der Waals surface area contributed by atoms with Crippen molar-refractivity contribution in [2.75, 3.05) is 0 Å². The third-order valence-electron chi connectivity index (χ3n) is 3.92. The zero-order valence-corrected chi connectivity index (χ0v) is 15.2. The summed E-state index contributed by atoms with van der Waals surface area (Å²) in [5.74, 6) is 0.262.